The zero-order chi connectivity index (χ0) is 22.3. The first-order valence-corrected chi connectivity index (χ1v) is 9.45. The van der Waals surface area contributed by atoms with Crippen LogP contribution >= 0.6 is 23.2 Å². The third-order valence-corrected chi connectivity index (χ3v) is 4.73. The van der Waals surface area contributed by atoms with E-state index in [2.05, 4.69) is 25.5 Å². The van der Waals surface area contributed by atoms with Crippen molar-refractivity contribution in [3.8, 4) is 0 Å². The molecule has 3 heterocycles. The molecule has 0 spiro atoms. The molecule has 0 unspecified atom stereocenters. The van der Waals surface area contributed by atoms with Gasteiger partial charge in [-0.05, 0) is 42.3 Å². The van der Waals surface area contributed by atoms with Gasteiger partial charge in [0.25, 0.3) is 5.91 Å². The minimum absolute atomic E-state index is 0.0323. The lowest BCUT2D eigenvalue weighted by Gasteiger charge is -2.10. The number of fused-ring (bicyclic) bond motifs is 1. The Morgan fingerprint density at radius 3 is 2.71 bits per heavy atom. The van der Waals surface area contributed by atoms with Crippen LogP contribution in [0.4, 0.5) is 19.1 Å². The lowest BCUT2D eigenvalue weighted by molar-refractivity contribution is 0.0868. The Labute approximate surface area is 182 Å². The van der Waals surface area contributed by atoms with E-state index < -0.39 is 22.8 Å². The van der Waals surface area contributed by atoms with Crippen LogP contribution in [0.3, 0.4) is 0 Å². The smallest absolute Gasteiger partial charge is 0.288 e. The van der Waals surface area contributed by atoms with Crippen LogP contribution in [0.1, 0.15) is 27.4 Å². The van der Waals surface area contributed by atoms with Crippen molar-refractivity contribution in [1.29, 1.82) is 0 Å². The van der Waals surface area contributed by atoms with Crippen LogP contribution in [-0.2, 0) is 11.9 Å². The van der Waals surface area contributed by atoms with E-state index in [4.69, 9.17) is 23.2 Å². The molecule has 1 aromatic carbocycles. The Kier molecular flexibility index (Phi) is 5.31. The highest BCUT2D eigenvalue weighted by Gasteiger charge is 2.32. The Hall–Kier alpha value is -3.18. The van der Waals surface area contributed by atoms with Crippen LogP contribution < -0.4 is 5.32 Å². The number of nitrogens with one attached hydrogen (secondary N) is 1. The second-order valence-electron chi connectivity index (χ2n) is 6.54. The van der Waals surface area contributed by atoms with Crippen LogP contribution in [0.5, 0.6) is 0 Å². The van der Waals surface area contributed by atoms with Crippen molar-refractivity contribution in [1.82, 2.24) is 29.4 Å². The van der Waals surface area contributed by atoms with Gasteiger partial charge in [-0.1, -0.05) is 17.7 Å². The number of carbonyl (C=O) groups excluding carboxylic acids is 1. The number of halogens is 5. The average molecular weight is 470 g/mol. The Morgan fingerprint density at radius 2 is 2.00 bits per heavy atom. The second kappa shape index (κ2) is 7.82. The average Bonchev–Trinajstić information content (AvgIpc) is 3.29. The number of amides is 1. The molecule has 4 rings (SSSR count). The molecular weight excluding hydrogens is 458 g/mol. The summed E-state index contributed by atoms with van der Waals surface area (Å²) in [6.45, 7) is 1.70. The molecule has 0 bridgehead atoms. The highest BCUT2D eigenvalue weighted by Crippen LogP contribution is 2.32. The molecule has 3 aromatic heterocycles. The molecule has 4 aromatic rings. The molecular formula is C18H12Cl2F3N7O. The van der Waals surface area contributed by atoms with Crippen molar-refractivity contribution < 1.29 is 18.0 Å². The summed E-state index contributed by atoms with van der Waals surface area (Å²) in [7, 11) is 0. The van der Waals surface area contributed by atoms with Crippen molar-refractivity contribution in [2.24, 2.45) is 0 Å². The van der Waals surface area contributed by atoms with E-state index in [-0.39, 0.29) is 34.6 Å². The van der Waals surface area contributed by atoms with Gasteiger partial charge >= 0.3 is 5.38 Å². The predicted molar refractivity (Wildman–Crippen MR) is 106 cm³/mol. The van der Waals surface area contributed by atoms with E-state index >= 15 is 0 Å². The van der Waals surface area contributed by atoms with Gasteiger partial charge in [0, 0.05) is 16.8 Å². The van der Waals surface area contributed by atoms with Gasteiger partial charge in [0.1, 0.15) is 17.8 Å². The van der Waals surface area contributed by atoms with Crippen molar-refractivity contribution in [2.75, 3.05) is 5.32 Å². The van der Waals surface area contributed by atoms with E-state index in [1.54, 1.807) is 0 Å². The van der Waals surface area contributed by atoms with Crippen LogP contribution in [0.2, 0.25) is 5.02 Å². The summed E-state index contributed by atoms with van der Waals surface area (Å²) in [6.07, 6.45) is 1.34. The summed E-state index contributed by atoms with van der Waals surface area (Å²) >= 11 is 11.1. The summed E-state index contributed by atoms with van der Waals surface area (Å²) in [5, 5.41) is 6.91. The van der Waals surface area contributed by atoms with E-state index in [0.717, 1.165) is 10.6 Å². The third-order valence-electron chi connectivity index (χ3n) is 4.19. The van der Waals surface area contributed by atoms with Crippen LogP contribution in [0, 0.1) is 12.7 Å². The first kappa shape index (κ1) is 21.1. The molecule has 13 heteroatoms. The monoisotopic (exact) mass is 469 g/mol. The number of hydrogen-bond acceptors (Lipinski definition) is 5. The van der Waals surface area contributed by atoms with Crippen molar-refractivity contribution >= 4 is 40.7 Å². The van der Waals surface area contributed by atoms with E-state index in [1.807, 2.05) is 0 Å². The molecule has 0 aliphatic rings. The molecule has 0 atom stereocenters. The Morgan fingerprint density at radius 1 is 1.23 bits per heavy atom. The van der Waals surface area contributed by atoms with Gasteiger partial charge in [0.2, 0.25) is 5.95 Å². The van der Waals surface area contributed by atoms with Crippen LogP contribution in [0.15, 0.2) is 36.7 Å². The molecule has 0 saturated carbocycles. The number of aryl methyl sites for hydroxylation is 1. The lowest BCUT2D eigenvalue weighted by Crippen LogP contribution is -2.16. The zero-order valence-electron chi connectivity index (χ0n) is 15.7. The number of alkyl halides is 3. The zero-order valence-corrected chi connectivity index (χ0v) is 17.2. The van der Waals surface area contributed by atoms with Gasteiger partial charge in [-0.3, -0.25) is 10.1 Å². The van der Waals surface area contributed by atoms with Crippen molar-refractivity contribution in [2.45, 2.75) is 18.9 Å². The lowest BCUT2D eigenvalue weighted by atomic mass is 10.2. The summed E-state index contributed by atoms with van der Waals surface area (Å²) in [4.78, 5) is 20.5. The molecule has 1 N–H and O–H groups in total. The first-order chi connectivity index (χ1) is 14.6. The molecule has 31 heavy (non-hydrogen) atoms. The van der Waals surface area contributed by atoms with E-state index in [1.165, 1.54) is 42.2 Å². The maximum absolute atomic E-state index is 13.7. The fourth-order valence-corrected chi connectivity index (χ4v) is 3.19. The number of hydrogen-bond donors (Lipinski definition) is 1. The molecule has 1 amide bonds. The number of benzene rings is 1. The highest BCUT2D eigenvalue weighted by atomic mass is 35.5. The predicted octanol–water partition coefficient (Wildman–Crippen LogP) is 4.01. The summed E-state index contributed by atoms with van der Waals surface area (Å²) in [5.74, 6) is -1.25. The number of rotatable bonds is 5. The van der Waals surface area contributed by atoms with Crippen molar-refractivity contribution in [3.63, 3.8) is 0 Å². The van der Waals surface area contributed by atoms with Gasteiger partial charge < -0.3 is 0 Å². The largest absolute Gasteiger partial charge is 0.364 e. The minimum atomic E-state index is -3.70. The van der Waals surface area contributed by atoms with E-state index in [0.29, 0.717) is 5.56 Å². The molecule has 0 aliphatic carbocycles. The quantitative estimate of drug-likeness (QED) is 0.446. The second-order valence-corrected chi connectivity index (χ2v) is 7.42. The highest BCUT2D eigenvalue weighted by molar-refractivity contribution is 6.31. The molecule has 0 fully saturated rings. The number of aromatic nitrogens is 6. The van der Waals surface area contributed by atoms with Gasteiger partial charge in [-0.25, -0.2) is 23.6 Å². The van der Waals surface area contributed by atoms with Gasteiger partial charge in [0.05, 0.1) is 6.54 Å². The topological polar surface area (TPSA) is 90.0 Å². The van der Waals surface area contributed by atoms with Crippen molar-refractivity contribution in [3.05, 3.63) is 70.1 Å². The maximum atomic E-state index is 13.7. The van der Waals surface area contributed by atoms with Crippen LogP contribution in [0.25, 0.3) is 5.65 Å². The normalized spacial score (nSPS) is 11.8. The standard InChI is InChI=1S/C18H12Cl2F3N7O/c1-9-4-14(18(20,22)23)30-15(25-9)6-13(27-30)16(31)26-17-24-8-29(28-17)7-10-2-3-11(21)5-12(10)19/h2-6,8H,7H2,1H3,(H,26,28,31). The van der Waals surface area contributed by atoms with Gasteiger partial charge in [0.15, 0.2) is 11.3 Å². The molecule has 0 radical (unpaired) electrons. The van der Waals surface area contributed by atoms with Gasteiger partial charge in [-0.2, -0.15) is 13.9 Å². The first-order valence-electron chi connectivity index (χ1n) is 8.69. The molecule has 8 nitrogen and oxygen atoms in total. The number of carbonyl (C=O) groups is 1. The summed E-state index contributed by atoms with van der Waals surface area (Å²) < 4.78 is 42.7. The SMILES string of the molecule is Cc1cc(C(F)(F)Cl)n2nc(C(=O)Nc3ncn(Cc4ccc(F)cc4Cl)n3)cc2n1. The summed E-state index contributed by atoms with van der Waals surface area (Å²) in [6, 6.07) is 6.27. The fourth-order valence-electron chi connectivity index (χ4n) is 2.83. The number of anilines is 1. The Bertz CT molecular complexity index is 1300. The molecule has 160 valence electrons. The van der Waals surface area contributed by atoms with Crippen LogP contribution in [-0.4, -0.2) is 35.3 Å². The Balaban J connectivity index is 1.54. The molecule has 0 saturated heterocycles. The van der Waals surface area contributed by atoms with Gasteiger partial charge in [-0.15, -0.1) is 5.10 Å². The number of nitrogens with zero attached hydrogens (tertiary/aromatic N) is 6. The minimum Gasteiger partial charge on any atom is -0.288 e. The summed E-state index contributed by atoms with van der Waals surface area (Å²) in [5.41, 5.74) is 0.120. The third kappa shape index (κ3) is 4.47. The maximum Gasteiger partial charge on any atom is 0.364 e. The van der Waals surface area contributed by atoms with E-state index in [9.17, 15) is 18.0 Å². The fraction of sp³-hybridized carbons (Fsp3) is 0.167. The molecule has 0 aliphatic heterocycles.